The molecule has 132 valence electrons. The molecule has 0 radical (unpaired) electrons. The fourth-order valence-electron chi connectivity index (χ4n) is 3.32. The van der Waals surface area contributed by atoms with Crippen molar-refractivity contribution in [1.29, 1.82) is 0 Å². The molecule has 0 saturated heterocycles. The molecule has 0 aliphatic rings. The average molecular weight is 346 g/mol. The van der Waals surface area contributed by atoms with Crippen molar-refractivity contribution in [2.75, 3.05) is 0 Å². The van der Waals surface area contributed by atoms with Gasteiger partial charge < -0.3 is 14.9 Å². The Balaban J connectivity index is 1.55. The van der Waals surface area contributed by atoms with E-state index >= 15 is 0 Å². The van der Waals surface area contributed by atoms with Gasteiger partial charge in [-0.15, -0.1) is 0 Å². The maximum Gasteiger partial charge on any atom is 0.240 e. The van der Waals surface area contributed by atoms with Crippen molar-refractivity contribution in [3.63, 3.8) is 0 Å². The molecule has 0 aliphatic carbocycles. The predicted octanol–water partition coefficient (Wildman–Crippen LogP) is 4.03. The third-order valence-corrected chi connectivity index (χ3v) is 4.68. The summed E-state index contributed by atoms with van der Waals surface area (Å²) in [5.41, 5.74) is 2.96. The Morgan fingerprint density at radius 3 is 2.69 bits per heavy atom. The largest absolute Gasteiger partial charge is 0.344 e. The van der Waals surface area contributed by atoms with Gasteiger partial charge in [0.15, 0.2) is 0 Å². The zero-order valence-electron chi connectivity index (χ0n) is 14.9. The molecule has 2 heterocycles. The third-order valence-electron chi connectivity index (χ3n) is 4.68. The van der Waals surface area contributed by atoms with Crippen LogP contribution in [0.2, 0.25) is 0 Å². The molecule has 5 nitrogen and oxygen atoms in total. The number of carbonyl (C=O) groups excluding carboxylic acids is 1. The summed E-state index contributed by atoms with van der Waals surface area (Å²) < 4.78 is 1.97. The highest BCUT2D eigenvalue weighted by Gasteiger charge is 2.22. The standard InChI is InChI=1S/C21H22N4O/c1-14(2)20(21-22-16-8-4-5-9-17(16)23-21)24-19(26)13-25-12-11-15-7-3-6-10-18(15)25/h3-12,14,20H,13H2,1-2H3,(H,22,23)(H,24,26)/t20-/m0/s1. The van der Waals surface area contributed by atoms with Crippen LogP contribution in [-0.2, 0) is 11.3 Å². The van der Waals surface area contributed by atoms with Crippen LogP contribution in [0.1, 0.15) is 25.7 Å². The first kappa shape index (κ1) is 16.4. The monoisotopic (exact) mass is 346 g/mol. The number of para-hydroxylation sites is 3. The molecular formula is C21H22N4O. The summed E-state index contributed by atoms with van der Waals surface area (Å²) in [6.07, 6.45) is 1.95. The lowest BCUT2D eigenvalue weighted by Gasteiger charge is -2.20. The lowest BCUT2D eigenvalue weighted by molar-refractivity contribution is -0.122. The van der Waals surface area contributed by atoms with E-state index in [2.05, 4.69) is 35.2 Å². The van der Waals surface area contributed by atoms with Crippen molar-refractivity contribution < 1.29 is 4.79 Å². The van der Waals surface area contributed by atoms with Crippen molar-refractivity contribution in [3.8, 4) is 0 Å². The van der Waals surface area contributed by atoms with E-state index in [0.717, 1.165) is 27.8 Å². The van der Waals surface area contributed by atoms with E-state index in [1.807, 2.05) is 59.3 Å². The predicted molar refractivity (Wildman–Crippen MR) is 104 cm³/mol. The summed E-state index contributed by atoms with van der Waals surface area (Å²) in [7, 11) is 0. The van der Waals surface area contributed by atoms with Crippen LogP contribution in [0.3, 0.4) is 0 Å². The number of hydrogen-bond acceptors (Lipinski definition) is 2. The molecule has 1 amide bonds. The summed E-state index contributed by atoms with van der Waals surface area (Å²) in [4.78, 5) is 20.7. The quantitative estimate of drug-likeness (QED) is 0.573. The number of H-pyrrole nitrogens is 1. The Bertz CT molecular complexity index is 1030. The van der Waals surface area contributed by atoms with Crippen LogP contribution in [0.5, 0.6) is 0 Å². The first-order valence-corrected chi connectivity index (χ1v) is 8.90. The third kappa shape index (κ3) is 3.08. The number of aromatic amines is 1. The lowest BCUT2D eigenvalue weighted by Crippen LogP contribution is -2.34. The fraction of sp³-hybridized carbons (Fsp3) is 0.238. The Hall–Kier alpha value is -3.08. The van der Waals surface area contributed by atoms with Gasteiger partial charge in [0.1, 0.15) is 12.4 Å². The Morgan fingerprint density at radius 2 is 1.88 bits per heavy atom. The maximum absolute atomic E-state index is 12.7. The minimum atomic E-state index is -0.156. The first-order valence-electron chi connectivity index (χ1n) is 8.90. The number of carbonyl (C=O) groups is 1. The van der Waals surface area contributed by atoms with Gasteiger partial charge in [0.05, 0.1) is 17.1 Å². The van der Waals surface area contributed by atoms with Crippen molar-refractivity contribution >= 4 is 27.8 Å². The lowest BCUT2D eigenvalue weighted by atomic mass is 10.0. The van der Waals surface area contributed by atoms with Crippen molar-refractivity contribution in [2.45, 2.75) is 26.4 Å². The van der Waals surface area contributed by atoms with E-state index in [0.29, 0.717) is 0 Å². The van der Waals surface area contributed by atoms with Crippen molar-refractivity contribution in [1.82, 2.24) is 19.9 Å². The molecule has 2 N–H and O–H groups in total. The molecule has 0 fully saturated rings. The Morgan fingerprint density at radius 1 is 1.12 bits per heavy atom. The molecule has 0 bridgehead atoms. The highest BCUT2D eigenvalue weighted by molar-refractivity contribution is 5.83. The van der Waals surface area contributed by atoms with Gasteiger partial charge in [-0.25, -0.2) is 4.98 Å². The highest BCUT2D eigenvalue weighted by Crippen LogP contribution is 2.22. The molecule has 0 spiro atoms. The van der Waals surface area contributed by atoms with Crippen LogP contribution >= 0.6 is 0 Å². The maximum atomic E-state index is 12.7. The second-order valence-electron chi connectivity index (χ2n) is 6.93. The van der Waals surface area contributed by atoms with Crippen molar-refractivity contribution in [2.24, 2.45) is 5.92 Å². The second-order valence-corrected chi connectivity index (χ2v) is 6.93. The molecule has 1 atom stereocenters. The van der Waals surface area contributed by atoms with Crippen LogP contribution in [0.4, 0.5) is 0 Å². The number of rotatable bonds is 5. The molecule has 2 aromatic carbocycles. The van der Waals surface area contributed by atoms with E-state index in [1.54, 1.807) is 0 Å². The zero-order chi connectivity index (χ0) is 18.1. The van der Waals surface area contributed by atoms with E-state index in [-0.39, 0.29) is 24.4 Å². The van der Waals surface area contributed by atoms with E-state index in [9.17, 15) is 4.79 Å². The van der Waals surface area contributed by atoms with Crippen LogP contribution in [-0.4, -0.2) is 20.4 Å². The zero-order valence-corrected chi connectivity index (χ0v) is 14.9. The van der Waals surface area contributed by atoms with Crippen LogP contribution < -0.4 is 5.32 Å². The number of nitrogens with zero attached hydrogens (tertiary/aromatic N) is 2. The molecule has 5 heteroatoms. The first-order chi connectivity index (χ1) is 12.6. The average Bonchev–Trinajstić information content (AvgIpc) is 3.23. The van der Waals surface area contributed by atoms with E-state index in [4.69, 9.17) is 0 Å². The Kier molecular flexibility index (Phi) is 4.21. The van der Waals surface area contributed by atoms with Crippen molar-refractivity contribution in [3.05, 3.63) is 66.6 Å². The number of aromatic nitrogens is 3. The van der Waals surface area contributed by atoms with Gasteiger partial charge in [0.25, 0.3) is 0 Å². The number of imidazole rings is 1. The summed E-state index contributed by atoms with van der Waals surface area (Å²) >= 11 is 0. The van der Waals surface area contributed by atoms with E-state index < -0.39 is 0 Å². The minimum Gasteiger partial charge on any atom is -0.344 e. The second kappa shape index (κ2) is 6.67. The van der Waals surface area contributed by atoms with Gasteiger partial charge in [-0.2, -0.15) is 0 Å². The van der Waals surface area contributed by atoms with Gasteiger partial charge in [-0.1, -0.05) is 44.2 Å². The molecule has 4 rings (SSSR count). The van der Waals surface area contributed by atoms with Crippen LogP contribution in [0, 0.1) is 5.92 Å². The van der Waals surface area contributed by atoms with Gasteiger partial charge in [-0.05, 0) is 35.6 Å². The molecule has 2 aromatic heterocycles. The topological polar surface area (TPSA) is 62.7 Å². The number of benzene rings is 2. The van der Waals surface area contributed by atoms with E-state index in [1.165, 1.54) is 0 Å². The summed E-state index contributed by atoms with van der Waals surface area (Å²) in [5, 5.41) is 4.28. The van der Waals surface area contributed by atoms with Gasteiger partial charge >= 0.3 is 0 Å². The van der Waals surface area contributed by atoms with Crippen LogP contribution in [0.15, 0.2) is 60.8 Å². The normalized spacial score (nSPS) is 12.7. The molecule has 0 saturated carbocycles. The number of nitrogens with one attached hydrogen (secondary N) is 2. The van der Waals surface area contributed by atoms with Gasteiger partial charge in [-0.3, -0.25) is 4.79 Å². The SMILES string of the molecule is CC(C)[C@H](NC(=O)Cn1ccc2ccccc21)c1nc2ccccc2[nH]1. The summed E-state index contributed by atoms with van der Waals surface area (Å²) in [6, 6.07) is 17.9. The molecule has 0 aliphatic heterocycles. The number of hydrogen-bond donors (Lipinski definition) is 2. The smallest absolute Gasteiger partial charge is 0.240 e. The number of fused-ring (bicyclic) bond motifs is 2. The molecule has 26 heavy (non-hydrogen) atoms. The minimum absolute atomic E-state index is 0.0227. The highest BCUT2D eigenvalue weighted by atomic mass is 16.2. The number of amides is 1. The Labute approximate surface area is 152 Å². The van der Waals surface area contributed by atoms with Crippen LogP contribution in [0.25, 0.3) is 21.9 Å². The summed E-state index contributed by atoms with van der Waals surface area (Å²) in [5.74, 6) is 0.998. The summed E-state index contributed by atoms with van der Waals surface area (Å²) in [6.45, 7) is 4.46. The van der Waals surface area contributed by atoms with Gasteiger partial charge in [0, 0.05) is 11.7 Å². The van der Waals surface area contributed by atoms with Gasteiger partial charge in [0.2, 0.25) is 5.91 Å². The molecular weight excluding hydrogens is 324 g/mol. The molecule has 4 aromatic rings. The molecule has 0 unspecified atom stereocenters. The fourth-order valence-corrected chi connectivity index (χ4v) is 3.32.